The Balaban J connectivity index is 0.000000980. The fourth-order valence-electron chi connectivity index (χ4n) is 1.03. The number of fused-ring (bicyclic) bond motifs is 1. The van der Waals surface area contributed by atoms with E-state index in [1.165, 1.54) is 12.1 Å². The van der Waals surface area contributed by atoms with Crippen LogP contribution in [0.4, 0.5) is 10.8 Å². The predicted molar refractivity (Wildman–Crippen MR) is 50.3 cm³/mol. The van der Waals surface area contributed by atoms with E-state index >= 15 is 0 Å². The van der Waals surface area contributed by atoms with E-state index in [0.29, 0.717) is 10.2 Å². The number of aromatic nitrogens is 1. The van der Waals surface area contributed by atoms with Crippen LogP contribution in [-0.2, 0) is 0 Å². The van der Waals surface area contributed by atoms with Gasteiger partial charge in [0, 0.05) is 16.8 Å². The van der Waals surface area contributed by atoms with Crippen LogP contribution in [-0.4, -0.2) is 9.91 Å². The normalized spacial score (nSPS) is 9.71. The molecule has 0 aliphatic carbocycles. The Morgan fingerprint density at radius 1 is 1.50 bits per heavy atom. The summed E-state index contributed by atoms with van der Waals surface area (Å²) >= 11 is 1.13. The number of nitro groups is 1. The maximum atomic E-state index is 10.4. The van der Waals surface area contributed by atoms with Gasteiger partial charge in [-0.05, 0) is 10.6 Å². The molecule has 1 aromatic heterocycles. The molecule has 0 saturated carbocycles. The Kier molecular flexibility index (Phi) is 4.14. The van der Waals surface area contributed by atoms with Gasteiger partial charge in [-0.3, -0.25) is 10.1 Å². The van der Waals surface area contributed by atoms with Crippen LogP contribution in [0.2, 0.25) is 0 Å². The average molecular weight is 280 g/mol. The van der Waals surface area contributed by atoms with Crippen molar-refractivity contribution in [3.63, 3.8) is 0 Å². The van der Waals surface area contributed by atoms with Gasteiger partial charge in [-0.25, -0.2) is 0 Å². The van der Waals surface area contributed by atoms with Crippen LogP contribution in [0.3, 0.4) is 0 Å². The number of thiazole rings is 1. The molecule has 2 aromatic rings. The molecule has 0 spiro atoms. The van der Waals surface area contributed by atoms with Crippen molar-refractivity contribution in [2.45, 2.75) is 0 Å². The van der Waals surface area contributed by atoms with Crippen molar-refractivity contribution >= 4 is 32.4 Å². The van der Waals surface area contributed by atoms with E-state index in [-0.39, 0.29) is 69.0 Å². The summed E-state index contributed by atoms with van der Waals surface area (Å²) in [6, 6.07) is 4.38. The molecule has 0 radical (unpaired) electrons. The predicted octanol–water partition coefficient (Wildman–Crippen LogP) is -0.108. The molecular weight excluding hydrogens is 276 g/mol. The van der Waals surface area contributed by atoms with Crippen LogP contribution >= 0.6 is 11.3 Å². The number of hydrogen-bond acceptors (Lipinski definition) is 4. The number of nitrogens with zero attached hydrogens (tertiary/aromatic N) is 2. The first-order valence-corrected chi connectivity index (χ1v) is 4.25. The third-order valence-corrected chi connectivity index (χ3v) is 2.41. The Bertz CT molecular complexity index is 485. The van der Waals surface area contributed by atoms with Crippen LogP contribution in [0.5, 0.6) is 0 Å². The van der Waals surface area contributed by atoms with Crippen molar-refractivity contribution in [2.24, 2.45) is 0 Å². The summed E-state index contributed by atoms with van der Waals surface area (Å²) in [5, 5.41) is 10.6. The van der Waals surface area contributed by atoms with E-state index in [2.05, 4.69) is 4.98 Å². The van der Waals surface area contributed by atoms with E-state index in [0.717, 1.165) is 11.3 Å². The number of hydrogen-bond donors (Lipinski definition) is 0. The van der Waals surface area contributed by atoms with Crippen molar-refractivity contribution < 1.29 is 63.1 Å². The molecule has 1 N–H and O–H groups in total. The maximum Gasteiger partial charge on any atom is 1.00 e. The van der Waals surface area contributed by atoms with Gasteiger partial charge in [-0.15, -0.1) is 11.3 Å². The molecule has 1 heterocycles. The van der Waals surface area contributed by atoms with E-state index < -0.39 is 4.92 Å². The molecule has 14 heavy (non-hydrogen) atoms. The number of rotatable bonds is 1. The molecule has 0 unspecified atom stereocenters. The maximum absolute atomic E-state index is 10.4. The second-order valence-corrected chi connectivity index (χ2v) is 3.46. The summed E-state index contributed by atoms with van der Waals surface area (Å²) in [5.41, 5.74) is 7.92. The molecule has 0 aliphatic heterocycles. The fraction of sp³-hybridized carbons (Fsp3) is 0. The zero-order chi connectivity index (χ0) is 9.42. The number of non-ortho nitro benzene ring substituents is 1. The average Bonchev–Trinajstić information content (AvgIpc) is 2.42. The summed E-state index contributed by atoms with van der Waals surface area (Å²) in [4.78, 5) is 13.8. The van der Waals surface area contributed by atoms with Crippen LogP contribution < -0.4 is 58.2 Å². The summed E-state index contributed by atoms with van der Waals surface area (Å²) < 4.78 is 0.680. The summed E-state index contributed by atoms with van der Waals surface area (Å²) in [6.45, 7) is 0. The first-order chi connectivity index (χ1) is 6.16. The van der Waals surface area contributed by atoms with Gasteiger partial charge in [0.15, 0.2) is 0 Å². The Hall–Kier alpha value is 0.115. The van der Waals surface area contributed by atoms with Crippen molar-refractivity contribution in [1.82, 2.24) is 4.98 Å². The largest absolute Gasteiger partial charge is 1.00 e. The Labute approximate surface area is 132 Å². The number of benzene rings is 1. The van der Waals surface area contributed by atoms with Crippen molar-refractivity contribution in [3.05, 3.63) is 34.0 Å². The van der Waals surface area contributed by atoms with Crippen molar-refractivity contribution in [3.8, 4) is 0 Å². The smallest absolute Gasteiger partial charge is 0.473 e. The van der Waals surface area contributed by atoms with Gasteiger partial charge in [0.05, 0.1) is 4.92 Å². The van der Waals surface area contributed by atoms with E-state index in [9.17, 15) is 10.1 Å². The third-order valence-electron chi connectivity index (χ3n) is 1.58. The Morgan fingerprint density at radius 3 is 2.86 bits per heavy atom. The first-order valence-electron chi connectivity index (χ1n) is 3.43. The molecule has 5 nitrogen and oxygen atoms in total. The van der Waals surface area contributed by atoms with Gasteiger partial charge in [0.1, 0.15) is 0 Å². The minimum atomic E-state index is -0.456. The second-order valence-electron chi connectivity index (χ2n) is 2.43. The fourth-order valence-corrected chi connectivity index (χ4v) is 1.78. The zero-order valence-corrected chi connectivity index (χ0v) is 13.1. The monoisotopic (exact) mass is 279 g/mol. The van der Waals surface area contributed by atoms with Crippen molar-refractivity contribution in [1.29, 1.82) is 0 Å². The molecular formula is C7H4N3O2RbS. The van der Waals surface area contributed by atoms with Crippen LogP contribution in [0, 0.1) is 10.1 Å². The van der Waals surface area contributed by atoms with E-state index in [1.54, 1.807) is 6.07 Å². The van der Waals surface area contributed by atoms with Gasteiger partial charge in [0.25, 0.3) is 5.69 Å². The summed E-state index contributed by atoms with van der Waals surface area (Å²) in [6.07, 6.45) is 0. The molecule has 1 aromatic carbocycles. The van der Waals surface area contributed by atoms with Gasteiger partial charge >= 0.3 is 58.2 Å². The van der Waals surface area contributed by atoms with Crippen LogP contribution in [0.25, 0.3) is 16.0 Å². The van der Waals surface area contributed by atoms with Gasteiger partial charge in [-0.1, -0.05) is 6.07 Å². The molecule has 2 rings (SSSR count). The zero-order valence-electron chi connectivity index (χ0n) is 7.35. The molecule has 0 aliphatic rings. The second kappa shape index (κ2) is 4.76. The molecule has 0 amide bonds. The van der Waals surface area contributed by atoms with Gasteiger partial charge in [-0.2, -0.15) is 0 Å². The summed E-state index contributed by atoms with van der Waals surface area (Å²) in [5.74, 6) is 0. The molecule has 0 atom stereocenters. The molecule has 0 bridgehead atoms. The minimum absolute atomic E-state index is 0. The van der Waals surface area contributed by atoms with Gasteiger partial charge < -0.3 is 10.7 Å². The van der Waals surface area contributed by atoms with Gasteiger partial charge in [0.2, 0.25) is 0 Å². The van der Waals surface area contributed by atoms with Crippen molar-refractivity contribution in [2.75, 3.05) is 0 Å². The molecule has 7 heteroatoms. The Morgan fingerprint density at radius 2 is 2.21 bits per heavy atom. The number of nitro benzene ring substituents is 1. The molecule has 0 saturated heterocycles. The quantitative estimate of drug-likeness (QED) is 0.540. The summed E-state index contributed by atoms with van der Waals surface area (Å²) in [7, 11) is 0. The minimum Gasteiger partial charge on any atom is -0.473 e. The standard InChI is InChI=1S/C7H4N3O2S.Rb/c8-7-9-5-2-1-4(10(11)12)3-6(5)13-7;/h1-3H,(H-,8,9);/q-1;+1. The van der Waals surface area contributed by atoms with Crippen LogP contribution in [0.15, 0.2) is 18.2 Å². The molecule has 0 fully saturated rings. The first kappa shape index (κ1) is 12.2. The number of nitrogens with one attached hydrogen (secondary N) is 1. The topological polar surface area (TPSA) is 79.8 Å². The van der Waals surface area contributed by atoms with E-state index in [4.69, 9.17) is 5.73 Å². The molecule has 66 valence electrons. The van der Waals surface area contributed by atoms with Crippen LogP contribution in [0.1, 0.15) is 0 Å². The SMILES string of the molecule is [NH-]c1nc2ccc([N+](=O)[O-])cc2s1.[Rb+]. The van der Waals surface area contributed by atoms with E-state index in [1.807, 2.05) is 0 Å². The third kappa shape index (κ3) is 2.37.